The quantitative estimate of drug-likeness (QED) is 0.710. The third-order valence-corrected chi connectivity index (χ3v) is 3.36. The SMILES string of the molecule is COC(=O)c1ccc2cc3c(cc2c1)=CCCC=3. The van der Waals surface area contributed by atoms with Crippen molar-refractivity contribution in [2.24, 2.45) is 0 Å². The highest BCUT2D eigenvalue weighted by molar-refractivity contribution is 5.95. The summed E-state index contributed by atoms with van der Waals surface area (Å²) in [5.41, 5.74) is 0.602. The minimum Gasteiger partial charge on any atom is -0.465 e. The smallest absolute Gasteiger partial charge is 0.337 e. The van der Waals surface area contributed by atoms with E-state index in [9.17, 15) is 4.79 Å². The first kappa shape index (κ1) is 11.0. The van der Waals surface area contributed by atoms with E-state index in [0.29, 0.717) is 5.56 Å². The van der Waals surface area contributed by atoms with Crippen LogP contribution in [0.15, 0.2) is 30.3 Å². The summed E-state index contributed by atoms with van der Waals surface area (Å²) in [6.45, 7) is 0. The second-order valence-corrected chi connectivity index (χ2v) is 4.52. The topological polar surface area (TPSA) is 26.3 Å². The Morgan fingerprint density at radius 1 is 1.00 bits per heavy atom. The highest BCUT2D eigenvalue weighted by atomic mass is 16.5. The predicted octanol–water partition coefficient (Wildman–Crippen LogP) is 1.98. The number of esters is 1. The summed E-state index contributed by atoms with van der Waals surface area (Å²) in [6.07, 6.45) is 6.72. The maximum Gasteiger partial charge on any atom is 0.337 e. The van der Waals surface area contributed by atoms with E-state index in [2.05, 4.69) is 24.3 Å². The molecule has 2 aromatic carbocycles. The molecule has 0 heterocycles. The molecule has 0 spiro atoms. The molecule has 0 amide bonds. The van der Waals surface area contributed by atoms with E-state index in [1.807, 2.05) is 18.2 Å². The number of methoxy groups -OCH3 is 1. The zero-order valence-electron chi connectivity index (χ0n) is 10.3. The normalized spacial score (nSPS) is 13.4. The lowest BCUT2D eigenvalue weighted by molar-refractivity contribution is 0.0601. The molecule has 0 aromatic heterocycles. The van der Waals surface area contributed by atoms with Gasteiger partial charge < -0.3 is 4.74 Å². The van der Waals surface area contributed by atoms with Gasteiger partial charge in [-0.15, -0.1) is 0 Å². The molecule has 2 aromatic rings. The molecular formula is C16H14O2. The average Bonchev–Trinajstić information content (AvgIpc) is 2.43. The van der Waals surface area contributed by atoms with Gasteiger partial charge in [0.05, 0.1) is 12.7 Å². The second-order valence-electron chi connectivity index (χ2n) is 4.52. The van der Waals surface area contributed by atoms with Crippen LogP contribution in [-0.4, -0.2) is 13.1 Å². The van der Waals surface area contributed by atoms with Gasteiger partial charge in [0.25, 0.3) is 0 Å². The molecule has 0 unspecified atom stereocenters. The Hall–Kier alpha value is -2.09. The van der Waals surface area contributed by atoms with Crippen LogP contribution >= 0.6 is 0 Å². The molecule has 1 aliphatic carbocycles. The van der Waals surface area contributed by atoms with Crippen molar-refractivity contribution in [1.82, 2.24) is 0 Å². The van der Waals surface area contributed by atoms with Gasteiger partial charge in [0.15, 0.2) is 0 Å². The molecule has 1 aliphatic rings. The van der Waals surface area contributed by atoms with Gasteiger partial charge in [-0.2, -0.15) is 0 Å². The van der Waals surface area contributed by atoms with Gasteiger partial charge in [-0.1, -0.05) is 18.2 Å². The summed E-state index contributed by atoms with van der Waals surface area (Å²) in [5.74, 6) is -0.287. The van der Waals surface area contributed by atoms with E-state index in [0.717, 1.165) is 23.6 Å². The third kappa shape index (κ3) is 1.80. The zero-order valence-corrected chi connectivity index (χ0v) is 10.3. The molecule has 90 valence electrons. The molecule has 0 saturated carbocycles. The number of ether oxygens (including phenoxy) is 1. The molecule has 0 fully saturated rings. The molecular weight excluding hydrogens is 224 g/mol. The number of benzene rings is 2. The van der Waals surface area contributed by atoms with Crippen LogP contribution in [0.5, 0.6) is 0 Å². The van der Waals surface area contributed by atoms with E-state index in [1.165, 1.54) is 17.5 Å². The summed E-state index contributed by atoms with van der Waals surface area (Å²) in [6, 6.07) is 10.0. The van der Waals surface area contributed by atoms with Gasteiger partial charge in [0, 0.05) is 0 Å². The molecule has 0 atom stereocenters. The van der Waals surface area contributed by atoms with Gasteiger partial charge in [-0.05, 0) is 58.3 Å². The van der Waals surface area contributed by atoms with Crippen molar-refractivity contribution in [3.63, 3.8) is 0 Å². The molecule has 3 rings (SSSR count). The van der Waals surface area contributed by atoms with E-state index >= 15 is 0 Å². The molecule has 0 saturated heterocycles. The lowest BCUT2D eigenvalue weighted by atomic mass is 10.0. The fourth-order valence-corrected chi connectivity index (χ4v) is 2.41. The molecule has 0 N–H and O–H groups in total. The number of rotatable bonds is 1. The number of fused-ring (bicyclic) bond motifs is 2. The van der Waals surface area contributed by atoms with Crippen molar-refractivity contribution in [2.45, 2.75) is 12.8 Å². The van der Waals surface area contributed by atoms with E-state index < -0.39 is 0 Å². The highest BCUT2D eigenvalue weighted by Crippen LogP contribution is 2.14. The summed E-state index contributed by atoms with van der Waals surface area (Å²) >= 11 is 0. The molecule has 0 bridgehead atoms. The van der Waals surface area contributed by atoms with Crippen molar-refractivity contribution in [3.8, 4) is 0 Å². The van der Waals surface area contributed by atoms with Gasteiger partial charge >= 0.3 is 5.97 Å². The van der Waals surface area contributed by atoms with Crippen molar-refractivity contribution < 1.29 is 9.53 Å². The maximum absolute atomic E-state index is 11.5. The zero-order chi connectivity index (χ0) is 12.5. The first-order valence-electron chi connectivity index (χ1n) is 6.10. The maximum atomic E-state index is 11.5. The van der Waals surface area contributed by atoms with Gasteiger partial charge in [-0.25, -0.2) is 4.79 Å². The molecule has 2 heteroatoms. The number of hydrogen-bond acceptors (Lipinski definition) is 2. The van der Waals surface area contributed by atoms with E-state index in [-0.39, 0.29) is 5.97 Å². The van der Waals surface area contributed by atoms with Crippen LogP contribution in [0.25, 0.3) is 22.9 Å². The molecule has 0 aliphatic heterocycles. The Kier molecular flexibility index (Phi) is 2.63. The van der Waals surface area contributed by atoms with E-state index in [1.54, 1.807) is 0 Å². The monoisotopic (exact) mass is 238 g/mol. The van der Waals surface area contributed by atoms with Crippen molar-refractivity contribution in [2.75, 3.05) is 7.11 Å². The Morgan fingerprint density at radius 2 is 1.67 bits per heavy atom. The van der Waals surface area contributed by atoms with Gasteiger partial charge in [0.2, 0.25) is 0 Å². The first-order chi connectivity index (χ1) is 8.78. The summed E-state index contributed by atoms with van der Waals surface area (Å²) in [7, 11) is 1.40. The Labute approximate surface area is 105 Å². The van der Waals surface area contributed by atoms with Crippen molar-refractivity contribution in [1.29, 1.82) is 0 Å². The van der Waals surface area contributed by atoms with Crippen LogP contribution in [0.1, 0.15) is 23.2 Å². The number of hydrogen-bond donors (Lipinski definition) is 0. The van der Waals surface area contributed by atoms with Crippen LogP contribution < -0.4 is 10.4 Å². The summed E-state index contributed by atoms with van der Waals surface area (Å²) in [4.78, 5) is 11.5. The van der Waals surface area contributed by atoms with Gasteiger partial charge in [0.1, 0.15) is 0 Å². The fraction of sp³-hybridized carbons (Fsp3) is 0.188. The van der Waals surface area contributed by atoms with Crippen LogP contribution in [-0.2, 0) is 4.74 Å². The average molecular weight is 238 g/mol. The Bertz CT molecular complexity index is 742. The molecule has 18 heavy (non-hydrogen) atoms. The minimum atomic E-state index is -0.287. The summed E-state index contributed by atoms with van der Waals surface area (Å²) < 4.78 is 4.74. The second kappa shape index (κ2) is 4.30. The standard InChI is InChI=1S/C16H14O2/c1-18-16(17)14-7-6-13-8-11-4-2-3-5-12(11)9-15(13)10-14/h4-10H,2-3H2,1H3. The lowest BCUT2D eigenvalue weighted by Gasteiger charge is -2.05. The lowest BCUT2D eigenvalue weighted by Crippen LogP contribution is -2.26. The number of carbonyl (C=O) groups is 1. The highest BCUT2D eigenvalue weighted by Gasteiger charge is 2.06. The van der Waals surface area contributed by atoms with Gasteiger partial charge in [-0.3, -0.25) is 0 Å². The van der Waals surface area contributed by atoms with Crippen LogP contribution in [0.4, 0.5) is 0 Å². The Balaban J connectivity index is 2.27. The fourth-order valence-electron chi connectivity index (χ4n) is 2.41. The van der Waals surface area contributed by atoms with Crippen molar-refractivity contribution >= 4 is 28.9 Å². The van der Waals surface area contributed by atoms with Crippen LogP contribution in [0.3, 0.4) is 0 Å². The minimum absolute atomic E-state index is 0.287. The van der Waals surface area contributed by atoms with Crippen LogP contribution in [0.2, 0.25) is 0 Å². The predicted molar refractivity (Wildman–Crippen MR) is 72.7 cm³/mol. The molecule has 2 nitrogen and oxygen atoms in total. The van der Waals surface area contributed by atoms with E-state index in [4.69, 9.17) is 4.74 Å². The molecule has 0 radical (unpaired) electrons. The first-order valence-corrected chi connectivity index (χ1v) is 6.10. The van der Waals surface area contributed by atoms with Crippen molar-refractivity contribution in [3.05, 3.63) is 46.3 Å². The summed E-state index contributed by atoms with van der Waals surface area (Å²) in [5, 5.41) is 4.80. The largest absolute Gasteiger partial charge is 0.465 e. The third-order valence-electron chi connectivity index (χ3n) is 3.36. The van der Waals surface area contributed by atoms with Crippen LogP contribution in [0, 0.1) is 0 Å². The number of carbonyl (C=O) groups excluding carboxylic acids is 1. The Morgan fingerprint density at radius 3 is 2.33 bits per heavy atom.